The number of aliphatic imine (C=N–C) groups is 1. The van der Waals surface area contributed by atoms with E-state index in [-0.39, 0.29) is 0 Å². The Morgan fingerprint density at radius 2 is 2.00 bits per heavy atom. The van der Waals surface area contributed by atoms with Crippen LogP contribution in [0, 0.1) is 0 Å². The second-order valence-corrected chi connectivity index (χ2v) is 5.66. The summed E-state index contributed by atoms with van der Waals surface area (Å²) in [6, 6.07) is 10.3. The van der Waals surface area contributed by atoms with Gasteiger partial charge < -0.3 is 15.4 Å². The minimum atomic E-state index is 0.438. The standard InChI is InChI=1S/C18H23N5O/c1-19-18(21-14-5-3-4-6-14)20-13-15-11-12-23(22-15)16-7-9-17(24-2)10-8-16/h3-4,7-12,14H,5-6,13H2,1-2H3,(H2,19,20,21). The van der Waals surface area contributed by atoms with Crippen LogP contribution >= 0.6 is 0 Å². The average molecular weight is 325 g/mol. The van der Waals surface area contributed by atoms with Crippen molar-refractivity contribution < 1.29 is 4.74 Å². The molecule has 1 heterocycles. The van der Waals surface area contributed by atoms with Crippen molar-refractivity contribution in [1.29, 1.82) is 0 Å². The van der Waals surface area contributed by atoms with Crippen molar-refractivity contribution in [3.8, 4) is 11.4 Å². The minimum Gasteiger partial charge on any atom is -0.497 e. The fourth-order valence-electron chi connectivity index (χ4n) is 2.63. The molecule has 2 aromatic rings. The molecule has 24 heavy (non-hydrogen) atoms. The van der Waals surface area contributed by atoms with Gasteiger partial charge in [0.1, 0.15) is 5.75 Å². The first-order chi connectivity index (χ1) is 11.8. The molecule has 0 saturated carbocycles. The van der Waals surface area contributed by atoms with Crippen LogP contribution in [0.1, 0.15) is 18.5 Å². The summed E-state index contributed by atoms with van der Waals surface area (Å²) in [5.74, 6) is 1.65. The number of rotatable bonds is 5. The molecule has 0 bridgehead atoms. The molecule has 0 radical (unpaired) electrons. The maximum atomic E-state index is 5.18. The van der Waals surface area contributed by atoms with Crippen molar-refractivity contribution in [1.82, 2.24) is 20.4 Å². The summed E-state index contributed by atoms with van der Waals surface area (Å²) in [7, 11) is 3.45. The maximum Gasteiger partial charge on any atom is 0.191 e. The van der Waals surface area contributed by atoms with Crippen LogP contribution in [-0.2, 0) is 6.54 Å². The summed E-state index contributed by atoms with van der Waals surface area (Å²) in [6.07, 6.45) is 8.44. The lowest BCUT2D eigenvalue weighted by atomic mass is 10.2. The molecule has 3 rings (SSSR count). The zero-order valence-electron chi connectivity index (χ0n) is 14.1. The van der Waals surface area contributed by atoms with Crippen LogP contribution in [0.3, 0.4) is 0 Å². The second kappa shape index (κ2) is 7.68. The minimum absolute atomic E-state index is 0.438. The topological polar surface area (TPSA) is 63.5 Å². The molecule has 6 heteroatoms. The van der Waals surface area contributed by atoms with Gasteiger partial charge in [-0.25, -0.2) is 4.68 Å². The number of nitrogens with zero attached hydrogens (tertiary/aromatic N) is 3. The number of methoxy groups -OCH3 is 1. The van der Waals surface area contributed by atoms with E-state index in [2.05, 4.69) is 32.9 Å². The fraction of sp³-hybridized carbons (Fsp3) is 0.333. The highest BCUT2D eigenvalue weighted by atomic mass is 16.5. The van der Waals surface area contributed by atoms with Crippen molar-refractivity contribution >= 4 is 5.96 Å². The Hall–Kier alpha value is -2.76. The molecule has 6 nitrogen and oxygen atoms in total. The molecule has 1 aromatic carbocycles. The Labute approximate surface area is 142 Å². The molecule has 0 fully saturated rings. The lowest BCUT2D eigenvalue weighted by Gasteiger charge is -2.16. The van der Waals surface area contributed by atoms with E-state index in [4.69, 9.17) is 4.74 Å². The molecule has 126 valence electrons. The number of hydrogen-bond acceptors (Lipinski definition) is 3. The summed E-state index contributed by atoms with van der Waals surface area (Å²) < 4.78 is 7.03. The zero-order chi connectivity index (χ0) is 16.8. The van der Waals surface area contributed by atoms with Gasteiger partial charge in [-0.05, 0) is 43.2 Å². The predicted molar refractivity (Wildman–Crippen MR) is 95.6 cm³/mol. The van der Waals surface area contributed by atoms with Crippen LogP contribution in [0.5, 0.6) is 5.75 Å². The van der Waals surface area contributed by atoms with Gasteiger partial charge >= 0.3 is 0 Å². The van der Waals surface area contributed by atoms with E-state index in [1.165, 1.54) is 0 Å². The van der Waals surface area contributed by atoms with E-state index >= 15 is 0 Å². The smallest absolute Gasteiger partial charge is 0.191 e. The van der Waals surface area contributed by atoms with Crippen LogP contribution in [0.15, 0.2) is 53.7 Å². The monoisotopic (exact) mass is 325 g/mol. The third-order valence-electron chi connectivity index (χ3n) is 3.99. The van der Waals surface area contributed by atoms with Crippen molar-refractivity contribution in [2.24, 2.45) is 4.99 Å². The molecule has 0 unspecified atom stereocenters. The van der Waals surface area contributed by atoms with Crippen molar-refractivity contribution in [3.63, 3.8) is 0 Å². The Kier molecular flexibility index (Phi) is 5.15. The molecular weight excluding hydrogens is 302 g/mol. The molecule has 2 N–H and O–H groups in total. The summed E-state index contributed by atoms with van der Waals surface area (Å²) in [5, 5.41) is 11.3. The molecule has 1 aliphatic rings. The van der Waals surface area contributed by atoms with Crippen LogP contribution in [0.25, 0.3) is 5.69 Å². The number of ether oxygens (including phenoxy) is 1. The zero-order valence-corrected chi connectivity index (χ0v) is 14.1. The number of benzene rings is 1. The van der Waals surface area contributed by atoms with Gasteiger partial charge in [-0.2, -0.15) is 5.10 Å². The SMILES string of the molecule is CN=C(NCc1ccn(-c2ccc(OC)cc2)n1)NC1CC=CC1. The Balaban J connectivity index is 1.56. The van der Waals surface area contributed by atoms with Gasteiger partial charge in [0.25, 0.3) is 0 Å². The number of guanidine groups is 1. The average Bonchev–Trinajstić information content (AvgIpc) is 3.30. The van der Waals surface area contributed by atoms with E-state index in [0.717, 1.165) is 35.9 Å². The van der Waals surface area contributed by atoms with Crippen molar-refractivity contribution in [2.75, 3.05) is 14.2 Å². The van der Waals surface area contributed by atoms with Gasteiger partial charge in [0, 0.05) is 19.3 Å². The van der Waals surface area contributed by atoms with E-state index < -0.39 is 0 Å². The molecule has 1 aromatic heterocycles. The van der Waals surface area contributed by atoms with Crippen LogP contribution in [-0.4, -0.2) is 35.9 Å². The second-order valence-electron chi connectivity index (χ2n) is 5.66. The van der Waals surface area contributed by atoms with E-state index in [9.17, 15) is 0 Å². The number of hydrogen-bond donors (Lipinski definition) is 2. The van der Waals surface area contributed by atoms with Gasteiger partial charge in [0.2, 0.25) is 0 Å². The van der Waals surface area contributed by atoms with E-state index in [1.807, 2.05) is 41.2 Å². The number of nitrogens with one attached hydrogen (secondary N) is 2. The fourth-order valence-corrected chi connectivity index (χ4v) is 2.63. The third kappa shape index (κ3) is 3.95. The molecule has 0 atom stereocenters. The van der Waals surface area contributed by atoms with Gasteiger partial charge in [0.05, 0.1) is 25.0 Å². The van der Waals surface area contributed by atoms with Crippen molar-refractivity contribution in [3.05, 3.63) is 54.4 Å². The molecule has 0 amide bonds. The van der Waals surface area contributed by atoms with Crippen molar-refractivity contribution in [2.45, 2.75) is 25.4 Å². The molecule has 0 saturated heterocycles. The van der Waals surface area contributed by atoms with Gasteiger partial charge in [-0.1, -0.05) is 12.2 Å². The lowest BCUT2D eigenvalue weighted by molar-refractivity contribution is 0.414. The van der Waals surface area contributed by atoms with Crippen LogP contribution in [0.2, 0.25) is 0 Å². The summed E-state index contributed by atoms with van der Waals surface area (Å²) in [4.78, 5) is 4.27. The quantitative estimate of drug-likeness (QED) is 0.503. The molecule has 0 spiro atoms. The van der Waals surface area contributed by atoms with Crippen LogP contribution in [0.4, 0.5) is 0 Å². The number of aromatic nitrogens is 2. The molecule has 0 aliphatic heterocycles. The van der Waals surface area contributed by atoms with Gasteiger partial charge in [0.15, 0.2) is 5.96 Å². The Bertz CT molecular complexity index is 709. The highest BCUT2D eigenvalue weighted by Crippen LogP contribution is 2.14. The normalized spacial score (nSPS) is 14.8. The first-order valence-corrected chi connectivity index (χ1v) is 8.09. The molecular formula is C18H23N5O. The summed E-state index contributed by atoms with van der Waals surface area (Å²) in [5.41, 5.74) is 1.96. The summed E-state index contributed by atoms with van der Waals surface area (Å²) in [6.45, 7) is 0.628. The first kappa shape index (κ1) is 16.1. The van der Waals surface area contributed by atoms with E-state index in [1.54, 1.807) is 14.2 Å². The highest BCUT2D eigenvalue weighted by molar-refractivity contribution is 5.80. The van der Waals surface area contributed by atoms with Gasteiger partial charge in [-0.15, -0.1) is 0 Å². The summed E-state index contributed by atoms with van der Waals surface area (Å²) >= 11 is 0. The van der Waals surface area contributed by atoms with Crippen LogP contribution < -0.4 is 15.4 Å². The maximum absolute atomic E-state index is 5.18. The predicted octanol–water partition coefficient (Wildman–Crippen LogP) is 2.26. The highest BCUT2D eigenvalue weighted by Gasteiger charge is 2.11. The van der Waals surface area contributed by atoms with Gasteiger partial charge in [-0.3, -0.25) is 4.99 Å². The lowest BCUT2D eigenvalue weighted by Crippen LogP contribution is -2.42. The van der Waals surface area contributed by atoms with E-state index in [0.29, 0.717) is 12.6 Å². The molecule has 1 aliphatic carbocycles. The third-order valence-corrected chi connectivity index (χ3v) is 3.99. The first-order valence-electron chi connectivity index (χ1n) is 8.09. The Morgan fingerprint density at radius 1 is 1.25 bits per heavy atom. The Morgan fingerprint density at radius 3 is 2.67 bits per heavy atom. The largest absolute Gasteiger partial charge is 0.497 e.